The zero-order valence-corrected chi connectivity index (χ0v) is 17.3. The average molecular weight is 433 g/mol. The highest BCUT2D eigenvalue weighted by atomic mass is 16.6. The molecule has 1 aliphatic rings. The maximum Gasteiger partial charge on any atom is 0.303 e. The van der Waals surface area contributed by atoms with Crippen molar-refractivity contribution in [2.24, 2.45) is 0 Å². The first kappa shape index (κ1) is 19.9. The van der Waals surface area contributed by atoms with Crippen LogP contribution in [-0.2, 0) is 10.3 Å². The van der Waals surface area contributed by atoms with Gasteiger partial charge in [0.1, 0.15) is 11.9 Å². The molecule has 1 saturated heterocycles. The predicted molar refractivity (Wildman–Crippen MR) is 112 cm³/mol. The Labute approximate surface area is 182 Å². The van der Waals surface area contributed by atoms with Crippen molar-refractivity contribution >= 4 is 17.0 Å². The van der Waals surface area contributed by atoms with Gasteiger partial charge in [-0.1, -0.05) is 17.0 Å². The van der Waals surface area contributed by atoms with Crippen LogP contribution >= 0.6 is 0 Å². The van der Waals surface area contributed by atoms with E-state index in [1.54, 1.807) is 29.8 Å². The predicted octanol–water partition coefficient (Wildman–Crippen LogP) is 1.13. The highest BCUT2D eigenvalue weighted by molar-refractivity contribution is 5.80. The van der Waals surface area contributed by atoms with Crippen molar-refractivity contribution in [3.05, 3.63) is 47.7 Å². The summed E-state index contributed by atoms with van der Waals surface area (Å²) in [7, 11) is 0. The molecule has 0 saturated carbocycles. The number of nitrogen functional groups attached to an aromatic ring is 1. The van der Waals surface area contributed by atoms with Gasteiger partial charge < -0.3 is 24.8 Å². The maximum absolute atomic E-state index is 10.6. The number of nitrogens with zero attached hydrogens (tertiary/aromatic N) is 6. The molecule has 3 aromatic heterocycles. The van der Waals surface area contributed by atoms with E-state index in [-0.39, 0.29) is 17.9 Å². The minimum atomic E-state index is -1.58. The average Bonchev–Trinajstić information content (AvgIpc) is 3.32. The lowest BCUT2D eigenvalue weighted by atomic mass is 10.1. The van der Waals surface area contributed by atoms with E-state index in [0.717, 1.165) is 0 Å². The van der Waals surface area contributed by atoms with Crippen LogP contribution < -0.4 is 10.5 Å². The topological polar surface area (TPSA) is 147 Å². The molecule has 0 aliphatic carbocycles. The molecule has 11 nitrogen and oxygen atoms in total. The third-order valence-electron chi connectivity index (χ3n) is 4.81. The van der Waals surface area contributed by atoms with Crippen LogP contribution in [-0.4, -0.2) is 54.1 Å². The Hall–Kier alpha value is -4.01. The second-order valence-electron chi connectivity index (χ2n) is 7.44. The Balaban J connectivity index is 1.58. The number of aromatic nitrogens is 6. The van der Waals surface area contributed by atoms with Crippen LogP contribution in [0, 0.1) is 18.8 Å². The summed E-state index contributed by atoms with van der Waals surface area (Å²) in [6.45, 7) is 4.14. The van der Waals surface area contributed by atoms with Gasteiger partial charge in [-0.2, -0.15) is 15.0 Å². The monoisotopic (exact) mass is 433 g/mol. The first-order chi connectivity index (χ1) is 15.4. The molecular weight excluding hydrogens is 414 g/mol. The zero-order valence-electron chi connectivity index (χ0n) is 17.3. The van der Waals surface area contributed by atoms with Crippen LogP contribution in [0.5, 0.6) is 6.01 Å². The second-order valence-corrected chi connectivity index (χ2v) is 7.44. The van der Waals surface area contributed by atoms with E-state index < -0.39 is 5.60 Å². The largest absolute Gasteiger partial charge is 0.456 e. The quantitative estimate of drug-likeness (QED) is 0.449. The van der Waals surface area contributed by atoms with Gasteiger partial charge in [0.05, 0.1) is 24.2 Å². The van der Waals surface area contributed by atoms with Crippen LogP contribution in [0.15, 0.2) is 35.0 Å². The molecule has 0 amide bonds. The van der Waals surface area contributed by atoms with Gasteiger partial charge in [-0.15, -0.1) is 0 Å². The van der Waals surface area contributed by atoms with Crippen molar-refractivity contribution in [1.82, 2.24) is 29.7 Å². The number of rotatable bonds is 4. The van der Waals surface area contributed by atoms with Crippen molar-refractivity contribution in [2.45, 2.75) is 25.6 Å². The van der Waals surface area contributed by atoms with Crippen LogP contribution in [0.3, 0.4) is 0 Å². The number of fused-ring (bicyclic) bond motifs is 1. The highest BCUT2D eigenvalue weighted by Crippen LogP contribution is 2.28. The number of aliphatic hydroxyl groups is 1. The third-order valence-corrected chi connectivity index (χ3v) is 4.81. The minimum absolute atomic E-state index is 0.0856. The van der Waals surface area contributed by atoms with Crippen LogP contribution in [0.1, 0.15) is 24.2 Å². The van der Waals surface area contributed by atoms with Crippen molar-refractivity contribution < 1.29 is 19.1 Å². The fraction of sp³-hybridized carbons (Fsp3) is 0.286. The van der Waals surface area contributed by atoms with Gasteiger partial charge in [-0.25, -0.2) is 9.55 Å². The molecule has 4 aromatic rings. The summed E-state index contributed by atoms with van der Waals surface area (Å²) >= 11 is 0. The Kier molecular flexibility index (Phi) is 4.73. The van der Waals surface area contributed by atoms with Gasteiger partial charge in [-0.3, -0.25) is 0 Å². The van der Waals surface area contributed by atoms with Gasteiger partial charge in [-0.05, 0) is 25.1 Å². The summed E-state index contributed by atoms with van der Waals surface area (Å²) < 4.78 is 17.9. The molecule has 1 aliphatic heterocycles. The molecule has 5 rings (SSSR count). The summed E-state index contributed by atoms with van der Waals surface area (Å²) in [5, 5.41) is 14.4. The Morgan fingerprint density at radius 1 is 1.25 bits per heavy atom. The first-order valence-electron chi connectivity index (χ1n) is 9.81. The fourth-order valence-electron chi connectivity index (χ4n) is 3.10. The minimum Gasteiger partial charge on any atom is -0.456 e. The molecule has 1 aromatic carbocycles. The SMILES string of the molecule is Cc1nc(C(C)(O)C#Cc2ccc3nc(OC4COC4)n(-c4ccnc(N)n4)c3c2)no1. The molecule has 0 radical (unpaired) electrons. The number of ether oxygens (including phenoxy) is 2. The Morgan fingerprint density at radius 3 is 2.78 bits per heavy atom. The zero-order chi connectivity index (χ0) is 22.3. The van der Waals surface area contributed by atoms with E-state index in [2.05, 4.69) is 36.9 Å². The van der Waals surface area contributed by atoms with Crippen molar-refractivity contribution in [1.29, 1.82) is 0 Å². The molecule has 0 bridgehead atoms. The maximum atomic E-state index is 10.6. The highest BCUT2D eigenvalue weighted by Gasteiger charge is 2.27. The summed E-state index contributed by atoms with van der Waals surface area (Å²) in [5.41, 5.74) is 6.25. The number of hydrogen-bond acceptors (Lipinski definition) is 10. The molecule has 3 N–H and O–H groups in total. The molecule has 4 heterocycles. The smallest absolute Gasteiger partial charge is 0.303 e. The molecule has 162 valence electrons. The van der Waals surface area contributed by atoms with Crippen molar-refractivity contribution in [2.75, 3.05) is 18.9 Å². The lowest BCUT2D eigenvalue weighted by Crippen LogP contribution is -2.39. The summed E-state index contributed by atoms with van der Waals surface area (Å²) in [6.07, 6.45) is 1.48. The summed E-state index contributed by atoms with van der Waals surface area (Å²) in [6, 6.07) is 7.52. The van der Waals surface area contributed by atoms with E-state index in [9.17, 15) is 5.11 Å². The van der Waals surface area contributed by atoms with E-state index >= 15 is 0 Å². The standard InChI is InChI=1S/C21H19N7O4/c1-12-24-18(27-32-12)21(2,29)7-5-13-3-4-15-16(9-13)28(17-6-8-23-19(22)26-17)20(25-15)31-14-10-30-11-14/h3-4,6,8-9,14,29H,10-11H2,1-2H3,(H2,22,23,26). The number of imidazole rings is 1. The molecule has 0 spiro atoms. The van der Waals surface area contributed by atoms with Gasteiger partial charge >= 0.3 is 6.01 Å². The Morgan fingerprint density at radius 2 is 2.09 bits per heavy atom. The fourth-order valence-corrected chi connectivity index (χ4v) is 3.10. The molecule has 1 atom stereocenters. The van der Waals surface area contributed by atoms with E-state index in [0.29, 0.717) is 47.5 Å². The van der Waals surface area contributed by atoms with Crippen LogP contribution in [0.25, 0.3) is 16.9 Å². The molecule has 1 fully saturated rings. The van der Waals surface area contributed by atoms with Gasteiger partial charge in [0.2, 0.25) is 17.7 Å². The number of anilines is 1. The summed E-state index contributed by atoms with van der Waals surface area (Å²) in [5.74, 6) is 6.85. The first-order valence-corrected chi connectivity index (χ1v) is 9.81. The van der Waals surface area contributed by atoms with Crippen LogP contribution in [0.4, 0.5) is 5.95 Å². The number of aryl methyl sites for hydroxylation is 1. The lowest BCUT2D eigenvalue weighted by Gasteiger charge is -2.26. The molecular formula is C21H19N7O4. The number of benzene rings is 1. The van der Waals surface area contributed by atoms with Gasteiger partial charge in [0, 0.05) is 24.8 Å². The second kappa shape index (κ2) is 7.60. The molecule has 11 heteroatoms. The number of nitrogens with two attached hydrogens (primary N) is 1. The normalized spacial score (nSPS) is 15.6. The van der Waals surface area contributed by atoms with E-state index in [1.165, 1.54) is 6.92 Å². The number of hydrogen-bond donors (Lipinski definition) is 2. The molecule has 32 heavy (non-hydrogen) atoms. The van der Waals surface area contributed by atoms with E-state index in [4.69, 9.17) is 19.7 Å². The van der Waals surface area contributed by atoms with Gasteiger partial charge in [0.25, 0.3) is 0 Å². The third kappa shape index (κ3) is 3.73. The Bertz CT molecular complexity index is 1360. The molecule has 1 unspecified atom stereocenters. The van der Waals surface area contributed by atoms with Crippen LogP contribution in [0.2, 0.25) is 0 Å². The lowest BCUT2D eigenvalue weighted by molar-refractivity contribution is -0.0835. The summed E-state index contributed by atoms with van der Waals surface area (Å²) in [4.78, 5) is 16.9. The van der Waals surface area contributed by atoms with Gasteiger partial charge in [0.15, 0.2) is 5.60 Å². The van der Waals surface area contributed by atoms with Crippen molar-refractivity contribution in [3.8, 4) is 23.7 Å². The van der Waals surface area contributed by atoms with E-state index in [1.807, 2.05) is 12.1 Å². The van der Waals surface area contributed by atoms with Crippen molar-refractivity contribution in [3.63, 3.8) is 0 Å².